The first kappa shape index (κ1) is 14.2. The first-order valence-corrected chi connectivity index (χ1v) is 7.92. The first-order valence-electron chi connectivity index (χ1n) is 6.63. The lowest BCUT2D eigenvalue weighted by Crippen LogP contribution is -2.38. The van der Waals surface area contributed by atoms with Gasteiger partial charge in [0.05, 0.1) is 11.3 Å². The zero-order valence-corrected chi connectivity index (χ0v) is 12.5. The van der Waals surface area contributed by atoms with E-state index in [0.717, 1.165) is 17.8 Å². The standard InChI is InChI=1S/C14H21N3OS/c1-9-7-12(15-2)10(8-16-9)14(18)17-11-5-4-6-13(11)19-3/h7-8,11,13H,4-6H2,1-3H3,(H,15,16)(H,17,18). The van der Waals surface area contributed by atoms with Gasteiger partial charge in [0.15, 0.2) is 0 Å². The second kappa shape index (κ2) is 6.28. The average molecular weight is 279 g/mol. The maximum absolute atomic E-state index is 12.4. The number of hydrogen-bond donors (Lipinski definition) is 2. The van der Waals surface area contributed by atoms with Gasteiger partial charge in [-0.25, -0.2) is 0 Å². The van der Waals surface area contributed by atoms with Gasteiger partial charge in [-0.2, -0.15) is 11.8 Å². The van der Waals surface area contributed by atoms with Gasteiger partial charge >= 0.3 is 0 Å². The van der Waals surface area contributed by atoms with E-state index in [-0.39, 0.29) is 11.9 Å². The Balaban J connectivity index is 2.11. The number of aromatic nitrogens is 1. The summed E-state index contributed by atoms with van der Waals surface area (Å²) >= 11 is 1.84. The van der Waals surface area contributed by atoms with E-state index < -0.39 is 0 Å². The van der Waals surface area contributed by atoms with Crippen LogP contribution < -0.4 is 10.6 Å². The number of hydrogen-bond acceptors (Lipinski definition) is 4. The highest BCUT2D eigenvalue weighted by molar-refractivity contribution is 7.99. The highest BCUT2D eigenvalue weighted by atomic mass is 32.2. The third-order valence-electron chi connectivity index (χ3n) is 3.63. The molecule has 1 amide bonds. The van der Waals surface area contributed by atoms with Gasteiger partial charge in [-0.1, -0.05) is 6.42 Å². The first-order chi connectivity index (χ1) is 9.15. The summed E-state index contributed by atoms with van der Waals surface area (Å²) in [7, 11) is 1.83. The van der Waals surface area contributed by atoms with E-state index in [1.807, 2.05) is 31.8 Å². The van der Waals surface area contributed by atoms with Crippen molar-refractivity contribution < 1.29 is 4.79 Å². The Kier molecular flexibility index (Phi) is 4.69. The molecule has 1 saturated carbocycles. The van der Waals surface area contributed by atoms with E-state index in [2.05, 4.69) is 21.9 Å². The number of pyridine rings is 1. The molecular formula is C14H21N3OS. The minimum atomic E-state index is -0.0252. The number of thioether (sulfide) groups is 1. The minimum Gasteiger partial charge on any atom is -0.387 e. The van der Waals surface area contributed by atoms with Gasteiger partial charge in [0.2, 0.25) is 0 Å². The fourth-order valence-electron chi connectivity index (χ4n) is 2.57. The molecule has 1 aliphatic rings. The Bertz CT molecular complexity index is 464. The van der Waals surface area contributed by atoms with Crippen LogP contribution in [-0.4, -0.2) is 35.5 Å². The highest BCUT2D eigenvalue weighted by Gasteiger charge is 2.28. The zero-order chi connectivity index (χ0) is 13.8. The Morgan fingerprint density at radius 1 is 1.47 bits per heavy atom. The molecule has 0 bridgehead atoms. The molecule has 2 rings (SSSR count). The average Bonchev–Trinajstić information content (AvgIpc) is 2.85. The molecule has 1 fully saturated rings. The maximum Gasteiger partial charge on any atom is 0.255 e. The summed E-state index contributed by atoms with van der Waals surface area (Å²) in [6.45, 7) is 1.92. The van der Waals surface area contributed by atoms with E-state index in [9.17, 15) is 4.79 Å². The van der Waals surface area contributed by atoms with Crippen molar-refractivity contribution in [3.8, 4) is 0 Å². The van der Waals surface area contributed by atoms with Crippen molar-refractivity contribution >= 4 is 23.4 Å². The van der Waals surface area contributed by atoms with Gasteiger partial charge in [0.1, 0.15) is 0 Å². The topological polar surface area (TPSA) is 54.0 Å². The molecule has 0 aliphatic heterocycles. The van der Waals surface area contributed by atoms with Gasteiger partial charge in [-0.3, -0.25) is 9.78 Å². The van der Waals surface area contributed by atoms with Crippen molar-refractivity contribution in [1.29, 1.82) is 0 Å². The van der Waals surface area contributed by atoms with E-state index in [4.69, 9.17) is 0 Å². The Morgan fingerprint density at radius 3 is 2.95 bits per heavy atom. The molecule has 19 heavy (non-hydrogen) atoms. The molecule has 4 nitrogen and oxygen atoms in total. The lowest BCUT2D eigenvalue weighted by molar-refractivity contribution is 0.0939. The lowest BCUT2D eigenvalue weighted by Gasteiger charge is -2.20. The fraction of sp³-hybridized carbons (Fsp3) is 0.571. The van der Waals surface area contributed by atoms with Crippen LogP contribution in [0.15, 0.2) is 12.3 Å². The summed E-state index contributed by atoms with van der Waals surface area (Å²) in [5.41, 5.74) is 2.37. The SMILES string of the molecule is CNc1cc(C)ncc1C(=O)NC1CCCC1SC. The maximum atomic E-state index is 12.4. The van der Waals surface area contributed by atoms with Crippen LogP contribution in [0.25, 0.3) is 0 Å². The van der Waals surface area contributed by atoms with Gasteiger partial charge in [-0.05, 0) is 32.1 Å². The summed E-state index contributed by atoms with van der Waals surface area (Å²) in [5.74, 6) is -0.0252. The van der Waals surface area contributed by atoms with Gasteiger partial charge in [-0.15, -0.1) is 0 Å². The molecule has 0 saturated heterocycles. The zero-order valence-electron chi connectivity index (χ0n) is 11.7. The summed E-state index contributed by atoms with van der Waals surface area (Å²) in [6, 6.07) is 2.18. The monoisotopic (exact) mass is 279 g/mol. The van der Waals surface area contributed by atoms with Crippen LogP contribution in [0.3, 0.4) is 0 Å². The molecule has 104 valence electrons. The van der Waals surface area contributed by atoms with Crippen LogP contribution in [0.5, 0.6) is 0 Å². The van der Waals surface area contributed by atoms with Gasteiger partial charge in [0.25, 0.3) is 5.91 Å². The van der Waals surface area contributed by atoms with Crippen LogP contribution in [0.4, 0.5) is 5.69 Å². The van der Waals surface area contributed by atoms with Gasteiger partial charge < -0.3 is 10.6 Å². The second-order valence-corrected chi connectivity index (χ2v) is 5.98. The summed E-state index contributed by atoms with van der Waals surface area (Å²) in [4.78, 5) is 16.6. The van der Waals surface area contributed by atoms with E-state index >= 15 is 0 Å². The minimum absolute atomic E-state index is 0.0252. The molecule has 1 heterocycles. The quantitative estimate of drug-likeness (QED) is 0.889. The number of nitrogens with one attached hydrogen (secondary N) is 2. The Hall–Kier alpha value is -1.23. The predicted molar refractivity (Wildman–Crippen MR) is 80.9 cm³/mol. The molecule has 1 aromatic heterocycles. The summed E-state index contributed by atoms with van der Waals surface area (Å²) < 4.78 is 0. The third-order valence-corrected chi connectivity index (χ3v) is 4.80. The van der Waals surface area contributed by atoms with Crippen LogP contribution >= 0.6 is 11.8 Å². The summed E-state index contributed by atoms with van der Waals surface area (Å²) in [6.07, 6.45) is 7.23. The van der Waals surface area contributed by atoms with Crippen LogP contribution in [0, 0.1) is 6.92 Å². The predicted octanol–water partition coefficient (Wildman–Crippen LogP) is 2.45. The largest absolute Gasteiger partial charge is 0.387 e. The highest BCUT2D eigenvalue weighted by Crippen LogP contribution is 2.28. The van der Waals surface area contributed by atoms with Gasteiger partial charge in [0, 0.05) is 30.2 Å². The molecule has 2 unspecified atom stereocenters. The van der Waals surface area contributed by atoms with Crippen molar-refractivity contribution in [2.45, 2.75) is 37.5 Å². The molecule has 1 aliphatic carbocycles. The molecule has 0 aromatic carbocycles. The van der Waals surface area contributed by atoms with Crippen molar-refractivity contribution in [2.24, 2.45) is 0 Å². The Morgan fingerprint density at radius 2 is 2.26 bits per heavy atom. The Labute approximate surface area is 118 Å². The molecule has 0 spiro atoms. The molecular weight excluding hydrogens is 258 g/mol. The number of nitrogens with zero attached hydrogens (tertiary/aromatic N) is 1. The van der Waals surface area contributed by atoms with Crippen molar-refractivity contribution in [1.82, 2.24) is 10.3 Å². The fourth-order valence-corrected chi connectivity index (χ4v) is 3.50. The van der Waals surface area contributed by atoms with E-state index in [1.54, 1.807) is 6.20 Å². The lowest BCUT2D eigenvalue weighted by atomic mass is 10.1. The molecule has 0 radical (unpaired) electrons. The second-order valence-electron chi connectivity index (χ2n) is 4.91. The van der Waals surface area contributed by atoms with Crippen LogP contribution in [0.2, 0.25) is 0 Å². The number of anilines is 1. The summed E-state index contributed by atoms with van der Waals surface area (Å²) in [5, 5.41) is 6.75. The molecule has 1 aromatic rings. The van der Waals surface area contributed by atoms with Crippen molar-refractivity contribution in [2.75, 3.05) is 18.6 Å². The molecule has 5 heteroatoms. The number of amides is 1. The molecule has 2 atom stereocenters. The number of aryl methyl sites for hydroxylation is 1. The van der Waals surface area contributed by atoms with E-state index in [1.165, 1.54) is 12.8 Å². The van der Waals surface area contributed by atoms with Crippen LogP contribution in [0.1, 0.15) is 35.3 Å². The van der Waals surface area contributed by atoms with E-state index in [0.29, 0.717) is 10.8 Å². The normalized spacial score (nSPS) is 22.3. The molecule has 2 N–H and O–H groups in total. The number of carbonyl (C=O) groups excluding carboxylic acids is 1. The van der Waals surface area contributed by atoms with Crippen molar-refractivity contribution in [3.63, 3.8) is 0 Å². The van der Waals surface area contributed by atoms with Crippen molar-refractivity contribution in [3.05, 3.63) is 23.5 Å². The number of rotatable bonds is 4. The van der Waals surface area contributed by atoms with Crippen LogP contribution in [-0.2, 0) is 0 Å². The third kappa shape index (κ3) is 3.21. The number of carbonyl (C=O) groups is 1. The smallest absolute Gasteiger partial charge is 0.255 e.